The van der Waals surface area contributed by atoms with Crippen LogP contribution in [-0.2, 0) is 0 Å². The largest absolute Gasteiger partial charge is 0.390 e. The van der Waals surface area contributed by atoms with Gasteiger partial charge < -0.3 is 15.4 Å². The zero-order valence-electron chi connectivity index (χ0n) is 15.8. The van der Waals surface area contributed by atoms with Crippen LogP contribution in [0, 0.1) is 0 Å². The molecule has 4 aromatic heterocycles. The number of nitrogens with one attached hydrogen (secondary N) is 2. The molecule has 0 atom stereocenters. The lowest BCUT2D eigenvalue weighted by Gasteiger charge is -2.35. The van der Waals surface area contributed by atoms with Crippen LogP contribution < -0.4 is 5.32 Å². The first-order chi connectivity index (χ1) is 13.6. The molecule has 4 heterocycles. The Balaban J connectivity index is 1.38. The highest BCUT2D eigenvalue weighted by Gasteiger charge is 2.31. The first-order valence-electron chi connectivity index (χ1n) is 9.76. The number of H-pyrrole nitrogens is 1. The van der Waals surface area contributed by atoms with Crippen molar-refractivity contribution in [2.75, 3.05) is 5.32 Å². The Labute approximate surface area is 162 Å². The van der Waals surface area contributed by atoms with Crippen LogP contribution in [0.25, 0.3) is 27.9 Å². The number of imidazole rings is 1. The second kappa shape index (κ2) is 6.56. The minimum absolute atomic E-state index is 0.298. The van der Waals surface area contributed by atoms with E-state index in [2.05, 4.69) is 30.2 Å². The zero-order chi connectivity index (χ0) is 19.1. The van der Waals surface area contributed by atoms with Crippen LogP contribution in [0.3, 0.4) is 0 Å². The first-order valence-corrected chi connectivity index (χ1v) is 9.76. The van der Waals surface area contributed by atoms with Gasteiger partial charge in [-0.05, 0) is 32.1 Å². The lowest BCUT2D eigenvalue weighted by atomic mass is 9.80. The minimum Gasteiger partial charge on any atom is -0.390 e. The van der Waals surface area contributed by atoms with Gasteiger partial charge in [0.05, 0.1) is 5.60 Å². The molecular weight excluding hydrogens is 354 g/mol. The van der Waals surface area contributed by atoms with E-state index in [1.165, 1.54) is 0 Å². The molecule has 4 aromatic rings. The molecule has 3 N–H and O–H groups in total. The molecule has 0 bridgehead atoms. The maximum Gasteiger partial charge on any atom is 0.233 e. The van der Waals surface area contributed by atoms with Crippen molar-refractivity contribution in [1.29, 1.82) is 0 Å². The Morgan fingerprint density at radius 2 is 2.11 bits per heavy atom. The van der Waals surface area contributed by atoms with Gasteiger partial charge in [-0.2, -0.15) is 4.98 Å². The van der Waals surface area contributed by atoms with Gasteiger partial charge in [0, 0.05) is 59.7 Å². The molecule has 5 rings (SSSR count). The number of nitrogens with zero attached hydrogens (tertiary/aromatic N) is 5. The molecule has 1 aliphatic carbocycles. The van der Waals surface area contributed by atoms with Crippen molar-refractivity contribution in [3.05, 3.63) is 37.2 Å². The van der Waals surface area contributed by atoms with Gasteiger partial charge in [0.1, 0.15) is 5.65 Å². The molecule has 0 radical (unpaired) electrons. The summed E-state index contributed by atoms with van der Waals surface area (Å²) in [5.41, 5.74) is 2.28. The zero-order valence-corrected chi connectivity index (χ0v) is 15.8. The summed E-state index contributed by atoms with van der Waals surface area (Å²) in [6.45, 7) is 2.05. The number of hydrogen-bond acceptors (Lipinski definition) is 6. The number of anilines is 1. The van der Waals surface area contributed by atoms with E-state index >= 15 is 0 Å². The summed E-state index contributed by atoms with van der Waals surface area (Å²) in [7, 11) is 0. The van der Waals surface area contributed by atoms with Crippen molar-refractivity contribution in [1.82, 2.24) is 29.3 Å². The van der Waals surface area contributed by atoms with E-state index in [-0.39, 0.29) is 0 Å². The van der Waals surface area contributed by atoms with Crippen LogP contribution in [-0.4, -0.2) is 46.1 Å². The Hall–Kier alpha value is -3.00. The second-order valence-electron chi connectivity index (χ2n) is 7.63. The second-order valence-corrected chi connectivity index (χ2v) is 7.63. The van der Waals surface area contributed by atoms with Crippen molar-refractivity contribution in [2.24, 2.45) is 0 Å². The molecule has 28 heavy (non-hydrogen) atoms. The quantitative estimate of drug-likeness (QED) is 0.505. The van der Waals surface area contributed by atoms with Gasteiger partial charge in [-0.1, -0.05) is 6.92 Å². The van der Waals surface area contributed by atoms with E-state index in [9.17, 15) is 5.11 Å². The van der Waals surface area contributed by atoms with E-state index in [0.717, 1.165) is 54.3 Å². The normalized spacial score (nSPS) is 22.7. The van der Waals surface area contributed by atoms with Crippen LogP contribution in [0.4, 0.5) is 5.95 Å². The predicted octanol–water partition coefficient (Wildman–Crippen LogP) is 3.16. The number of rotatable bonds is 4. The standard InChI is InChI=1S/C20H23N7O/c1-2-20(28)5-3-14(4-6-20)25-18-23-11-16-15(10-22-17(16)26-18)13-9-24-19-21-7-8-27(19)12-13/h7-12,14,28H,2-6H2,1H3,(H2,22,23,25,26)/t14-,20+. The van der Waals surface area contributed by atoms with Crippen molar-refractivity contribution >= 4 is 22.8 Å². The molecule has 8 heteroatoms. The fraction of sp³-hybridized carbons (Fsp3) is 0.400. The van der Waals surface area contributed by atoms with E-state index in [0.29, 0.717) is 17.8 Å². The summed E-state index contributed by atoms with van der Waals surface area (Å²) in [6.07, 6.45) is 15.5. The van der Waals surface area contributed by atoms with Gasteiger partial charge in [-0.3, -0.25) is 4.40 Å². The molecule has 8 nitrogen and oxygen atoms in total. The number of fused-ring (bicyclic) bond motifs is 2. The van der Waals surface area contributed by atoms with Crippen LogP contribution in [0.2, 0.25) is 0 Å². The van der Waals surface area contributed by atoms with Crippen LogP contribution in [0.5, 0.6) is 0 Å². The van der Waals surface area contributed by atoms with Gasteiger partial charge >= 0.3 is 0 Å². The van der Waals surface area contributed by atoms with Crippen molar-refractivity contribution in [3.63, 3.8) is 0 Å². The van der Waals surface area contributed by atoms with E-state index in [1.54, 1.807) is 6.20 Å². The first kappa shape index (κ1) is 17.1. The van der Waals surface area contributed by atoms with Gasteiger partial charge in [0.25, 0.3) is 0 Å². The fourth-order valence-corrected chi connectivity index (χ4v) is 4.01. The third kappa shape index (κ3) is 2.99. The van der Waals surface area contributed by atoms with Crippen molar-refractivity contribution in [3.8, 4) is 11.1 Å². The van der Waals surface area contributed by atoms with Crippen molar-refractivity contribution < 1.29 is 5.11 Å². The lowest BCUT2D eigenvalue weighted by Crippen LogP contribution is -2.38. The highest BCUT2D eigenvalue weighted by molar-refractivity contribution is 5.93. The number of aliphatic hydroxyl groups is 1. The molecule has 0 unspecified atom stereocenters. The average molecular weight is 377 g/mol. The molecule has 1 aliphatic rings. The van der Waals surface area contributed by atoms with Gasteiger partial charge in [-0.15, -0.1) is 0 Å². The molecule has 144 valence electrons. The van der Waals surface area contributed by atoms with Crippen molar-refractivity contribution in [2.45, 2.75) is 50.7 Å². The topological polar surface area (TPSA) is 104 Å². The summed E-state index contributed by atoms with van der Waals surface area (Å²) < 4.78 is 1.89. The average Bonchev–Trinajstić information content (AvgIpc) is 3.35. The highest BCUT2D eigenvalue weighted by Crippen LogP contribution is 2.32. The monoisotopic (exact) mass is 377 g/mol. The minimum atomic E-state index is -0.498. The Morgan fingerprint density at radius 1 is 1.25 bits per heavy atom. The number of hydrogen-bond donors (Lipinski definition) is 3. The smallest absolute Gasteiger partial charge is 0.233 e. The Kier molecular flexibility index (Phi) is 4.01. The Morgan fingerprint density at radius 3 is 2.93 bits per heavy atom. The molecule has 0 amide bonds. The number of aromatic amines is 1. The van der Waals surface area contributed by atoms with Crippen LogP contribution in [0.1, 0.15) is 39.0 Å². The molecule has 1 fully saturated rings. The van der Waals surface area contributed by atoms with Crippen LogP contribution >= 0.6 is 0 Å². The SMILES string of the molecule is CC[C@]1(O)CC[C@@H](Nc2ncc3c(-c4cnc5nccn5c4)c[nH]c3n2)CC1. The number of aromatic nitrogens is 6. The van der Waals surface area contributed by atoms with E-state index < -0.39 is 5.60 Å². The molecule has 0 aliphatic heterocycles. The summed E-state index contributed by atoms with van der Waals surface area (Å²) in [6, 6.07) is 0.298. The summed E-state index contributed by atoms with van der Waals surface area (Å²) >= 11 is 0. The van der Waals surface area contributed by atoms with E-state index in [4.69, 9.17) is 0 Å². The maximum absolute atomic E-state index is 10.4. The fourth-order valence-electron chi connectivity index (χ4n) is 4.01. The molecule has 0 saturated heterocycles. The molecular formula is C20H23N7O. The highest BCUT2D eigenvalue weighted by atomic mass is 16.3. The molecule has 0 aromatic carbocycles. The van der Waals surface area contributed by atoms with E-state index in [1.807, 2.05) is 42.3 Å². The summed E-state index contributed by atoms with van der Waals surface area (Å²) in [5, 5.41) is 14.8. The van der Waals surface area contributed by atoms with Gasteiger partial charge in [-0.25, -0.2) is 15.0 Å². The molecule has 1 saturated carbocycles. The summed E-state index contributed by atoms with van der Waals surface area (Å²) in [5.74, 6) is 1.30. The lowest BCUT2D eigenvalue weighted by molar-refractivity contribution is -0.00197. The summed E-state index contributed by atoms with van der Waals surface area (Å²) in [4.78, 5) is 21.0. The molecule has 0 spiro atoms. The Bertz CT molecular complexity index is 1120. The maximum atomic E-state index is 10.4. The van der Waals surface area contributed by atoms with Crippen LogP contribution in [0.15, 0.2) is 37.2 Å². The van der Waals surface area contributed by atoms with Gasteiger partial charge in [0.15, 0.2) is 0 Å². The third-order valence-corrected chi connectivity index (χ3v) is 5.90. The predicted molar refractivity (Wildman–Crippen MR) is 107 cm³/mol. The van der Waals surface area contributed by atoms with Gasteiger partial charge in [0.2, 0.25) is 11.7 Å². The third-order valence-electron chi connectivity index (χ3n) is 5.90.